The molecule has 7 nitrogen and oxygen atoms in total. The molecule has 0 saturated carbocycles. The molecule has 110 valence electrons. The number of anilines is 1. The van der Waals surface area contributed by atoms with Gasteiger partial charge in [-0.05, 0) is 25.5 Å². The van der Waals surface area contributed by atoms with Crippen molar-refractivity contribution in [3.8, 4) is 5.88 Å². The van der Waals surface area contributed by atoms with Crippen LogP contribution in [0.1, 0.15) is 18.2 Å². The van der Waals surface area contributed by atoms with E-state index in [-0.39, 0.29) is 0 Å². The molecule has 3 rings (SSSR count). The van der Waals surface area contributed by atoms with Crippen LogP contribution in [-0.4, -0.2) is 31.4 Å². The Hall–Kier alpha value is -2.57. The maximum Gasteiger partial charge on any atom is 0.213 e. The monoisotopic (exact) mass is 286 g/mol. The van der Waals surface area contributed by atoms with Crippen LogP contribution in [0, 0.1) is 6.92 Å². The van der Waals surface area contributed by atoms with Crippen molar-refractivity contribution in [1.29, 1.82) is 0 Å². The first-order valence-electron chi connectivity index (χ1n) is 6.82. The van der Waals surface area contributed by atoms with Gasteiger partial charge in [-0.1, -0.05) is 0 Å². The van der Waals surface area contributed by atoms with Gasteiger partial charge in [0.25, 0.3) is 0 Å². The molecule has 3 heterocycles. The van der Waals surface area contributed by atoms with Gasteiger partial charge in [0.1, 0.15) is 5.52 Å². The predicted molar refractivity (Wildman–Crippen MR) is 80.2 cm³/mol. The van der Waals surface area contributed by atoms with Crippen molar-refractivity contribution in [2.45, 2.75) is 26.9 Å². The molecule has 2 N–H and O–H groups in total. The van der Waals surface area contributed by atoms with Gasteiger partial charge in [-0.25, -0.2) is 14.6 Å². The molecule has 0 aliphatic carbocycles. The molecule has 7 heteroatoms. The average Bonchev–Trinajstić information content (AvgIpc) is 2.97. The highest BCUT2D eigenvalue weighted by Crippen LogP contribution is 2.22. The van der Waals surface area contributed by atoms with E-state index in [0.29, 0.717) is 18.4 Å². The number of hydrogen-bond acceptors (Lipinski definition) is 5. The number of fused-ring (bicyclic) bond motifs is 1. The molecule has 0 atom stereocenters. The van der Waals surface area contributed by atoms with Crippen LogP contribution in [0.25, 0.3) is 11.2 Å². The maximum atomic E-state index is 6.07. The van der Waals surface area contributed by atoms with E-state index in [0.717, 1.165) is 29.0 Å². The van der Waals surface area contributed by atoms with E-state index < -0.39 is 0 Å². The number of hydrogen-bond donors (Lipinski definition) is 1. The number of rotatable bonds is 4. The van der Waals surface area contributed by atoms with E-state index in [1.54, 1.807) is 13.3 Å². The van der Waals surface area contributed by atoms with E-state index in [1.807, 2.05) is 28.3 Å². The van der Waals surface area contributed by atoms with Crippen LogP contribution >= 0.6 is 0 Å². The second-order valence-corrected chi connectivity index (χ2v) is 4.84. The van der Waals surface area contributed by atoms with Gasteiger partial charge in [0, 0.05) is 18.8 Å². The van der Waals surface area contributed by atoms with Crippen LogP contribution in [0.4, 0.5) is 5.95 Å². The lowest BCUT2D eigenvalue weighted by molar-refractivity contribution is 0.397. The lowest BCUT2D eigenvalue weighted by Gasteiger charge is -2.09. The first kappa shape index (κ1) is 13.4. The summed E-state index contributed by atoms with van der Waals surface area (Å²) < 4.78 is 9.04. The summed E-state index contributed by atoms with van der Waals surface area (Å²) in [6.45, 7) is 5.37. The van der Waals surface area contributed by atoms with Gasteiger partial charge in [0.15, 0.2) is 5.65 Å². The molecule has 0 unspecified atom stereocenters. The van der Waals surface area contributed by atoms with Gasteiger partial charge >= 0.3 is 0 Å². The number of nitrogen functional groups attached to an aromatic ring is 1. The van der Waals surface area contributed by atoms with Crippen LogP contribution in [0.5, 0.6) is 5.88 Å². The highest BCUT2D eigenvalue weighted by molar-refractivity contribution is 5.77. The number of aryl methyl sites for hydroxylation is 2. The third-order valence-electron chi connectivity index (χ3n) is 3.48. The van der Waals surface area contributed by atoms with Crippen LogP contribution in [0.15, 0.2) is 18.3 Å². The molecule has 0 aliphatic rings. The maximum absolute atomic E-state index is 6.07. The Morgan fingerprint density at radius 3 is 2.90 bits per heavy atom. The van der Waals surface area contributed by atoms with Crippen molar-refractivity contribution in [3.63, 3.8) is 0 Å². The first-order valence-corrected chi connectivity index (χ1v) is 6.82. The molecule has 0 radical (unpaired) electrons. The number of nitrogens with zero attached hydrogens (tertiary/aromatic N) is 5. The zero-order chi connectivity index (χ0) is 15.0. The molecule has 3 aromatic rings. The van der Waals surface area contributed by atoms with Crippen LogP contribution < -0.4 is 10.5 Å². The summed E-state index contributed by atoms with van der Waals surface area (Å²) in [6.07, 6.45) is 1.72. The van der Waals surface area contributed by atoms with Crippen molar-refractivity contribution in [2.75, 3.05) is 12.8 Å². The summed E-state index contributed by atoms with van der Waals surface area (Å²) in [7, 11) is 1.60. The summed E-state index contributed by atoms with van der Waals surface area (Å²) in [5, 5.41) is 4.49. The summed E-state index contributed by atoms with van der Waals surface area (Å²) in [6, 6.07) is 3.83. The molecule has 0 saturated heterocycles. The Bertz CT molecular complexity index is 788. The van der Waals surface area contributed by atoms with Gasteiger partial charge in [0.05, 0.1) is 19.3 Å². The van der Waals surface area contributed by atoms with Crippen molar-refractivity contribution < 1.29 is 4.74 Å². The topological polar surface area (TPSA) is 83.8 Å². The quantitative estimate of drug-likeness (QED) is 0.787. The van der Waals surface area contributed by atoms with Crippen molar-refractivity contribution >= 4 is 17.1 Å². The molecule has 21 heavy (non-hydrogen) atoms. The minimum absolute atomic E-state index is 0.489. The third-order valence-corrected chi connectivity index (χ3v) is 3.48. The fourth-order valence-electron chi connectivity index (χ4n) is 2.46. The zero-order valence-corrected chi connectivity index (χ0v) is 12.4. The molecular formula is C14H18N6O. The van der Waals surface area contributed by atoms with E-state index in [1.165, 1.54) is 0 Å². The second kappa shape index (κ2) is 5.08. The van der Waals surface area contributed by atoms with E-state index in [2.05, 4.69) is 22.0 Å². The molecule has 0 amide bonds. The van der Waals surface area contributed by atoms with Gasteiger partial charge in [0.2, 0.25) is 11.8 Å². The second-order valence-electron chi connectivity index (χ2n) is 4.84. The number of nitrogens with two attached hydrogens (primary N) is 1. The molecule has 0 bridgehead atoms. The third kappa shape index (κ3) is 2.20. The van der Waals surface area contributed by atoms with Crippen LogP contribution in [-0.2, 0) is 13.1 Å². The summed E-state index contributed by atoms with van der Waals surface area (Å²) >= 11 is 0. The van der Waals surface area contributed by atoms with E-state index >= 15 is 0 Å². The Kier molecular flexibility index (Phi) is 3.25. The van der Waals surface area contributed by atoms with Gasteiger partial charge in [-0.3, -0.25) is 4.57 Å². The fraction of sp³-hybridized carbons (Fsp3) is 0.357. The number of imidazole rings is 1. The highest BCUT2D eigenvalue weighted by atomic mass is 16.5. The van der Waals surface area contributed by atoms with Crippen LogP contribution in [0.3, 0.4) is 0 Å². The first-order chi connectivity index (χ1) is 10.1. The average molecular weight is 286 g/mol. The fourth-order valence-corrected chi connectivity index (χ4v) is 2.46. The Balaban J connectivity index is 2.09. The van der Waals surface area contributed by atoms with Gasteiger partial charge < -0.3 is 10.5 Å². The van der Waals surface area contributed by atoms with Crippen molar-refractivity contribution in [3.05, 3.63) is 29.6 Å². The zero-order valence-electron chi connectivity index (χ0n) is 12.4. The Morgan fingerprint density at radius 1 is 1.38 bits per heavy atom. The summed E-state index contributed by atoms with van der Waals surface area (Å²) in [5.74, 6) is 1.08. The minimum atomic E-state index is 0.489. The normalized spacial score (nSPS) is 11.2. The number of ether oxygens (including phenoxy) is 1. The van der Waals surface area contributed by atoms with E-state index in [9.17, 15) is 0 Å². The molecule has 3 aromatic heterocycles. The lowest BCUT2D eigenvalue weighted by Crippen LogP contribution is -2.09. The molecule has 0 spiro atoms. The number of pyridine rings is 1. The van der Waals surface area contributed by atoms with Crippen molar-refractivity contribution in [2.24, 2.45) is 0 Å². The molecule has 0 aromatic carbocycles. The highest BCUT2D eigenvalue weighted by Gasteiger charge is 2.16. The number of methoxy groups -OCH3 is 1. The molecular weight excluding hydrogens is 268 g/mol. The summed E-state index contributed by atoms with van der Waals surface area (Å²) in [5.41, 5.74) is 9.82. The van der Waals surface area contributed by atoms with Crippen molar-refractivity contribution in [1.82, 2.24) is 24.3 Å². The minimum Gasteiger partial charge on any atom is -0.481 e. The van der Waals surface area contributed by atoms with Gasteiger partial charge in [-0.2, -0.15) is 5.10 Å². The number of aromatic nitrogens is 5. The lowest BCUT2D eigenvalue weighted by atomic mass is 10.2. The Morgan fingerprint density at radius 2 is 2.19 bits per heavy atom. The van der Waals surface area contributed by atoms with E-state index in [4.69, 9.17) is 10.5 Å². The largest absolute Gasteiger partial charge is 0.481 e. The van der Waals surface area contributed by atoms with Crippen LogP contribution in [0.2, 0.25) is 0 Å². The molecule has 0 fully saturated rings. The van der Waals surface area contributed by atoms with Gasteiger partial charge in [-0.15, -0.1) is 0 Å². The Labute approximate surface area is 122 Å². The SMILES string of the molecule is CCn1nc(C)c2nc(N)n(Cc3ccnc(OC)c3)c21. The smallest absolute Gasteiger partial charge is 0.213 e. The standard InChI is InChI=1S/C14H18N6O/c1-4-20-13-12(9(2)18-20)17-14(15)19(13)8-10-5-6-16-11(7-10)21-3/h5-7H,4,8H2,1-3H3,(H2,15,17). The predicted octanol–water partition coefficient (Wildman–Crippen LogP) is 1.60. The molecule has 0 aliphatic heterocycles. The summed E-state index contributed by atoms with van der Waals surface area (Å²) in [4.78, 5) is 8.54.